The molecular formula is C7H16FN. The molecule has 9 heavy (non-hydrogen) atoms. The van der Waals surface area contributed by atoms with Crippen LogP contribution in [0.1, 0.15) is 20.3 Å². The Hall–Kier alpha value is -0.110. The van der Waals surface area contributed by atoms with Crippen LogP contribution in [0, 0.1) is 0 Å². The normalized spacial score (nSPS) is 14.3. The zero-order valence-corrected chi connectivity index (χ0v) is 6.52. The molecule has 2 heteroatoms. The van der Waals surface area contributed by atoms with Crippen molar-refractivity contribution in [3.05, 3.63) is 0 Å². The average molecular weight is 133 g/mol. The molecule has 0 N–H and O–H groups in total. The van der Waals surface area contributed by atoms with Crippen molar-refractivity contribution in [1.29, 1.82) is 0 Å². The third kappa shape index (κ3) is 5.77. The van der Waals surface area contributed by atoms with Crippen molar-refractivity contribution >= 4 is 0 Å². The molecule has 0 amide bonds. The molecular weight excluding hydrogens is 117 g/mol. The van der Waals surface area contributed by atoms with Gasteiger partial charge >= 0.3 is 0 Å². The number of halogens is 1. The van der Waals surface area contributed by atoms with Gasteiger partial charge in [0.05, 0.1) is 0 Å². The van der Waals surface area contributed by atoms with Gasteiger partial charge in [0.25, 0.3) is 0 Å². The second-order valence-corrected chi connectivity index (χ2v) is 2.54. The van der Waals surface area contributed by atoms with Crippen LogP contribution in [0.4, 0.5) is 4.39 Å². The molecule has 0 aliphatic rings. The summed E-state index contributed by atoms with van der Waals surface area (Å²) in [4.78, 5) is 2.00. The number of hydrogen-bond donors (Lipinski definition) is 0. The highest BCUT2D eigenvalue weighted by molar-refractivity contribution is 4.54. The summed E-state index contributed by atoms with van der Waals surface area (Å²) in [5.41, 5.74) is 0. The maximum atomic E-state index is 12.2. The minimum atomic E-state index is -0.693. The molecule has 0 rings (SSSR count). The SMILES string of the molecule is CCCN(C)CC(C)F. The highest BCUT2D eigenvalue weighted by Gasteiger charge is 2.01. The lowest BCUT2D eigenvalue weighted by atomic mass is 10.4. The van der Waals surface area contributed by atoms with Crippen molar-refractivity contribution in [2.75, 3.05) is 20.1 Å². The molecule has 0 aromatic carbocycles. The molecule has 1 unspecified atom stereocenters. The Bertz CT molecular complexity index is 63.9. The van der Waals surface area contributed by atoms with Crippen LogP contribution in [-0.4, -0.2) is 31.2 Å². The number of nitrogens with zero attached hydrogens (tertiary/aromatic N) is 1. The van der Waals surface area contributed by atoms with Gasteiger partial charge in [-0.25, -0.2) is 4.39 Å². The third-order valence-electron chi connectivity index (χ3n) is 1.17. The molecule has 0 saturated heterocycles. The monoisotopic (exact) mass is 133 g/mol. The van der Waals surface area contributed by atoms with Crippen molar-refractivity contribution in [1.82, 2.24) is 4.90 Å². The van der Waals surface area contributed by atoms with Crippen LogP contribution in [0.25, 0.3) is 0 Å². The van der Waals surface area contributed by atoms with Gasteiger partial charge in [-0.05, 0) is 26.9 Å². The van der Waals surface area contributed by atoms with Crippen LogP contribution < -0.4 is 0 Å². The van der Waals surface area contributed by atoms with Gasteiger partial charge in [0.1, 0.15) is 6.17 Å². The predicted molar refractivity (Wildman–Crippen MR) is 38.4 cm³/mol. The molecule has 0 bridgehead atoms. The second kappa shape index (κ2) is 4.74. The van der Waals surface area contributed by atoms with Gasteiger partial charge in [0, 0.05) is 6.54 Å². The number of rotatable bonds is 4. The number of alkyl halides is 1. The van der Waals surface area contributed by atoms with E-state index in [0.717, 1.165) is 13.0 Å². The zero-order chi connectivity index (χ0) is 7.28. The first-order valence-electron chi connectivity index (χ1n) is 3.49. The van der Waals surface area contributed by atoms with Crippen molar-refractivity contribution < 1.29 is 4.39 Å². The van der Waals surface area contributed by atoms with Gasteiger partial charge in [0.2, 0.25) is 0 Å². The lowest BCUT2D eigenvalue weighted by Crippen LogP contribution is -2.25. The standard InChI is InChI=1S/C7H16FN/c1-4-5-9(3)6-7(2)8/h7H,4-6H2,1-3H3. The summed E-state index contributed by atoms with van der Waals surface area (Å²) in [5.74, 6) is 0. The predicted octanol–water partition coefficient (Wildman–Crippen LogP) is 1.69. The molecule has 1 atom stereocenters. The van der Waals surface area contributed by atoms with E-state index < -0.39 is 6.17 Å². The summed E-state index contributed by atoms with van der Waals surface area (Å²) in [6, 6.07) is 0. The first kappa shape index (κ1) is 8.89. The first-order valence-corrected chi connectivity index (χ1v) is 3.49. The average Bonchev–Trinajstić information content (AvgIpc) is 1.63. The summed E-state index contributed by atoms with van der Waals surface area (Å²) in [5, 5.41) is 0. The summed E-state index contributed by atoms with van der Waals surface area (Å²) in [6.07, 6.45) is 0.407. The highest BCUT2D eigenvalue weighted by atomic mass is 19.1. The van der Waals surface area contributed by atoms with Crippen LogP contribution >= 0.6 is 0 Å². The Balaban J connectivity index is 3.15. The molecule has 0 aliphatic carbocycles. The largest absolute Gasteiger partial charge is 0.304 e. The van der Waals surface area contributed by atoms with E-state index >= 15 is 0 Å². The quantitative estimate of drug-likeness (QED) is 0.564. The Morgan fingerprint density at radius 3 is 2.44 bits per heavy atom. The fourth-order valence-corrected chi connectivity index (χ4v) is 0.902. The summed E-state index contributed by atoms with van der Waals surface area (Å²) >= 11 is 0. The van der Waals surface area contributed by atoms with Crippen molar-refractivity contribution in [3.63, 3.8) is 0 Å². The fraction of sp³-hybridized carbons (Fsp3) is 1.00. The minimum absolute atomic E-state index is 0.563. The van der Waals surface area contributed by atoms with Crippen LogP contribution in [0.5, 0.6) is 0 Å². The molecule has 56 valence electrons. The molecule has 1 nitrogen and oxygen atoms in total. The molecule has 0 heterocycles. The van der Waals surface area contributed by atoms with E-state index in [2.05, 4.69) is 6.92 Å². The Labute approximate surface area is 56.9 Å². The second-order valence-electron chi connectivity index (χ2n) is 2.54. The highest BCUT2D eigenvalue weighted by Crippen LogP contribution is 1.92. The van der Waals surface area contributed by atoms with Gasteiger partial charge in [-0.3, -0.25) is 0 Å². The maximum Gasteiger partial charge on any atom is 0.110 e. The molecule has 0 saturated carbocycles. The van der Waals surface area contributed by atoms with Crippen LogP contribution in [0.3, 0.4) is 0 Å². The molecule has 0 fully saturated rings. The van der Waals surface area contributed by atoms with Gasteiger partial charge in [0.15, 0.2) is 0 Å². The summed E-state index contributed by atoms with van der Waals surface area (Å²) in [6.45, 7) is 5.24. The topological polar surface area (TPSA) is 3.24 Å². The van der Waals surface area contributed by atoms with E-state index in [-0.39, 0.29) is 0 Å². The zero-order valence-electron chi connectivity index (χ0n) is 6.52. The number of hydrogen-bond acceptors (Lipinski definition) is 1. The fourth-order valence-electron chi connectivity index (χ4n) is 0.902. The molecule has 0 radical (unpaired) electrons. The van der Waals surface area contributed by atoms with Crippen LogP contribution in [-0.2, 0) is 0 Å². The molecule has 0 aromatic heterocycles. The summed E-state index contributed by atoms with van der Waals surface area (Å²) in [7, 11) is 1.94. The first-order chi connectivity index (χ1) is 4.16. The minimum Gasteiger partial charge on any atom is -0.304 e. The van der Waals surface area contributed by atoms with E-state index in [9.17, 15) is 4.39 Å². The van der Waals surface area contributed by atoms with E-state index in [1.54, 1.807) is 6.92 Å². The van der Waals surface area contributed by atoms with E-state index in [1.807, 2.05) is 11.9 Å². The van der Waals surface area contributed by atoms with Crippen molar-refractivity contribution in [2.45, 2.75) is 26.4 Å². The van der Waals surface area contributed by atoms with E-state index in [0.29, 0.717) is 6.54 Å². The van der Waals surface area contributed by atoms with E-state index in [4.69, 9.17) is 0 Å². The van der Waals surface area contributed by atoms with Crippen LogP contribution in [0.15, 0.2) is 0 Å². The Morgan fingerprint density at radius 1 is 1.56 bits per heavy atom. The molecule has 0 spiro atoms. The van der Waals surface area contributed by atoms with Gasteiger partial charge < -0.3 is 4.90 Å². The summed E-state index contributed by atoms with van der Waals surface area (Å²) < 4.78 is 12.2. The Kier molecular flexibility index (Phi) is 4.68. The lowest BCUT2D eigenvalue weighted by molar-refractivity contribution is 0.235. The molecule has 0 aromatic rings. The molecule has 0 aliphatic heterocycles. The lowest BCUT2D eigenvalue weighted by Gasteiger charge is -2.15. The van der Waals surface area contributed by atoms with Gasteiger partial charge in [-0.15, -0.1) is 0 Å². The van der Waals surface area contributed by atoms with Gasteiger partial charge in [-0.2, -0.15) is 0 Å². The van der Waals surface area contributed by atoms with E-state index in [1.165, 1.54) is 0 Å². The maximum absolute atomic E-state index is 12.2. The smallest absolute Gasteiger partial charge is 0.110 e. The third-order valence-corrected chi connectivity index (χ3v) is 1.17. The van der Waals surface area contributed by atoms with Crippen molar-refractivity contribution in [2.24, 2.45) is 0 Å². The Morgan fingerprint density at radius 2 is 2.11 bits per heavy atom. The van der Waals surface area contributed by atoms with Crippen LogP contribution in [0.2, 0.25) is 0 Å². The van der Waals surface area contributed by atoms with Crippen molar-refractivity contribution in [3.8, 4) is 0 Å². The van der Waals surface area contributed by atoms with Gasteiger partial charge in [-0.1, -0.05) is 6.92 Å².